The van der Waals surface area contributed by atoms with Crippen LogP contribution in [-0.4, -0.2) is 19.3 Å². The molecule has 0 fully saturated rings. The van der Waals surface area contributed by atoms with Gasteiger partial charge >= 0.3 is 0 Å². The minimum absolute atomic E-state index is 0.168. The number of nitrogens with one attached hydrogen (secondary N) is 1. The van der Waals surface area contributed by atoms with E-state index in [9.17, 15) is 0 Å². The standard InChI is InChI=1S/C12H21NO2/c1-5-12(3,15-6-2)11(13-4)10-7-8-14-9-10/h7-9,11,13H,5-6H2,1-4H3. The van der Waals surface area contributed by atoms with Crippen LogP contribution in [0, 0.1) is 0 Å². The number of likely N-dealkylation sites (N-methyl/N-ethyl adjacent to an activating group) is 1. The molecule has 1 rings (SSSR count). The highest BCUT2D eigenvalue weighted by Gasteiger charge is 2.33. The first-order valence-corrected chi connectivity index (χ1v) is 5.51. The Balaban J connectivity index is 2.88. The summed E-state index contributed by atoms with van der Waals surface area (Å²) in [5, 5.41) is 3.30. The highest BCUT2D eigenvalue weighted by molar-refractivity contribution is 5.16. The third kappa shape index (κ3) is 2.61. The fraction of sp³-hybridized carbons (Fsp3) is 0.667. The lowest BCUT2D eigenvalue weighted by molar-refractivity contribution is -0.0548. The van der Waals surface area contributed by atoms with Crippen molar-refractivity contribution in [2.75, 3.05) is 13.7 Å². The lowest BCUT2D eigenvalue weighted by Crippen LogP contribution is -2.42. The molecule has 0 aliphatic heterocycles. The van der Waals surface area contributed by atoms with Gasteiger partial charge in [0.25, 0.3) is 0 Å². The van der Waals surface area contributed by atoms with Gasteiger partial charge in [0.15, 0.2) is 0 Å². The van der Waals surface area contributed by atoms with E-state index in [0.717, 1.165) is 18.6 Å². The van der Waals surface area contributed by atoms with E-state index in [4.69, 9.17) is 9.15 Å². The fourth-order valence-corrected chi connectivity index (χ4v) is 1.98. The summed E-state index contributed by atoms with van der Waals surface area (Å²) in [6.45, 7) is 7.01. The van der Waals surface area contributed by atoms with Gasteiger partial charge in [-0.2, -0.15) is 0 Å². The van der Waals surface area contributed by atoms with Crippen molar-refractivity contribution >= 4 is 0 Å². The van der Waals surface area contributed by atoms with E-state index >= 15 is 0 Å². The summed E-state index contributed by atoms with van der Waals surface area (Å²) in [6, 6.07) is 2.15. The van der Waals surface area contributed by atoms with Gasteiger partial charge in [0.1, 0.15) is 0 Å². The highest BCUT2D eigenvalue weighted by atomic mass is 16.5. The molecule has 0 bridgehead atoms. The number of hydrogen-bond donors (Lipinski definition) is 1. The molecule has 1 N–H and O–H groups in total. The lowest BCUT2D eigenvalue weighted by atomic mass is 9.89. The van der Waals surface area contributed by atoms with Crippen molar-refractivity contribution in [3.8, 4) is 0 Å². The van der Waals surface area contributed by atoms with Gasteiger partial charge in [-0.15, -0.1) is 0 Å². The van der Waals surface area contributed by atoms with E-state index in [1.165, 1.54) is 0 Å². The quantitative estimate of drug-likeness (QED) is 0.785. The Bertz CT molecular complexity index is 271. The second-order valence-corrected chi connectivity index (χ2v) is 3.88. The summed E-state index contributed by atoms with van der Waals surface area (Å²) < 4.78 is 11.0. The van der Waals surface area contributed by atoms with E-state index in [1.807, 2.05) is 20.0 Å². The second kappa shape index (κ2) is 5.33. The van der Waals surface area contributed by atoms with Crippen LogP contribution in [-0.2, 0) is 4.74 Å². The monoisotopic (exact) mass is 211 g/mol. The molecule has 2 unspecified atom stereocenters. The third-order valence-corrected chi connectivity index (χ3v) is 2.95. The summed E-state index contributed by atoms with van der Waals surface area (Å²) in [7, 11) is 1.95. The second-order valence-electron chi connectivity index (χ2n) is 3.88. The average molecular weight is 211 g/mol. The van der Waals surface area contributed by atoms with Gasteiger partial charge in [-0.05, 0) is 33.4 Å². The molecule has 0 amide bonds. The molecule has 1 heterocycles. The molecular weight excluding hydrogens is 190 g/mol. The molecule has 1 aromatic heterocycles. The van der Waals surface area contributed by atoms with E-state index in [1.54, 1.807) is 12.5 Å². The maximum atomic E-state index is 5.85. The molecule has 0 aromatic carbocycles. The van der Waals surface area contributed by atoms with Crippen molar-refractivity contribution in [1.82, 2.24) is 5.32 Å². The molecule has 3 nitrogen and oxygen atoms in total. The SMILES string of the molecule is CCOC(C)(CC)C(NC)c1ccoc1. The number of rotatable bonds is 6. The zero-order valence-electron chi connectivity index (χ0n) is 10.0. The van der Waals surface area contributed by atoms with Crippen LogP contribution in [0.15, 0.2) is 23.0 Å². The highest BCUT2D eigenvalue weighted by Crippen LogP contribution is 2.31. The lowest BCUT2D eigenvalue weighted by Gasteiger charge is -2.36. The fourth-order valence-electron chi connectivity index (χ4n) is 1.98. The van der Waals surface area contributed by atoms with Gasteiger partial charge in [-0.25, -0.2) is 0 Å². The van der Waals surface area contributed by atoms with Gasteiger partial charge in [0, 0.05) is 12.2 Å². The molecule has 15 heavy (non-hydrogen) atoms. The van der Waals surface area contributed by atoms with E-state index in [0.29, 0.717) is 0 Å². The summed E-state index contributed by atoms with van der Waals surface area (Å²) in [5.41, 5.74) is 0.947. The molecule has 0 saturated carbocycles. The van der Waals surface area contributed by atoms with Crippen molar-refractivity contribution in [2.24, 2.45) is 0 Å². The topological polar surface area (TPSA) is 34.4 Å². The van der Waals surface area contributed by atoms with Crippen LogP contribution in [0.5, 0.6) is 0 Å². The van der Waals surface area contributed by atoms with Crippen LogP contribution in [0.4, 0.5) is 0 Å². The molecule has 0 aliphatic rings. The zero-order chi connectivity index (χ0) is 11.3. The van der Waals surface area contributed by atoms with Crippen LogP contribution < -0.4 is 5.32 Å². The Labute approximate surface area is 91.8 Å². The van der Waals surface area contributed by atoms with Crippen LogP contribution in [0.2, 0.25) is 0 Å². The predicted molar refractivity (Wildman–Crippen MR) is 60.8 cm³/mol. The van der Waals surface area contributed by atoms with Gasteiger partial charge in [-0.3, -0.25) is 0 Å². The Morgan fingerprint density at radius 2 is 2.27 bits per heavy atom. The van der Waals surface area contributed by atoms with E-state index in [2.05, 4.69) is 19.2 Å². The molecule has 0 radical (unpaired) electrons. The Hall–Kier alpha value is -0.800. The van der Waals surface area contributed by atoms with E-state index < -0.39 is 0 Å². The van der Waals surface area contributed by atoms with Gasteiger partial charge in [0.2, 0.25) is 0 Å². The number of hydrogen-bond acceptors (Lipinski definition) is 3. The first kappa shape index (κ1) is 12.3. The minimum Gasteiger partial charge on any atom is -0.472 e. The van der Waals surface area contributed by atoms with Crippen LogP contribution >= 0.6 is 0 Å². The largest absolute Gasteiger partial charge is 0.472 e. The maximum Gasteiger partial charge on any atom is 0.0951 e. The molecular formula is C12H21NO2. The first-order chi connectivity index (χ1) is 7.18. The Morgan fingerprint density at radius 3 is 2.67 bits per heavy atom. The van der Waals surface area contributed by atoms with Crippen molar-refractivity contribution in [3.63, 3.8) is 0 Å². The van der Waals surface area contributed by atoms with Gasteiger partial charge in [-0.1, -0.05) is 6.92 Å². The molecule has 0 spiro atoms. The molecule has 2 atom stereocenters. The molecule has 1 aromatic rings. The third-order valence-electron chi connectivity index (χ3n) is 2.95. The molecule has 3 heteroatoms. The summed E-state index contributed by atoms with van der Waals surface area (Å²) in [4.78, 5) is 0. The number of ether oxygens (including phenoxy) is 1. The summed E-state index contributed by atoms with van der Waals surface area (Å²) >= 11 is 0. The smallest absolute Gasteiger partial charge is 0.0951 e. The molecule has 0 saturated heterocycles. The van der Waals surface area contributed by atoms with Crippen LogP contribution in [0.1, 0.15) is 38.8 Å². The van der Waals surface area contributed by atoms with Crippen LogP contribution in [0.25, 0.3) is 0 Å². The van der Waals surface area contributed by atoms with Gasteiger partial charge in [0.05, 0.1) is 24.2 Å². The summed E-state index contributed by atoms with van der Waals surface area (Å²) in [5.74, 6) is 0. The maximum absolute atomic E-state index is 5.85. The normalized spacial score (nSPS) is 17.3. The molecule has 86 valence electrons. The Morgan fingerprint density at radius 1 is 1.53 bits per heavy atom. The summed E-state index contributed by atoms with van der Waals surface area (Å²) in [6.07, 6.45) is 4.42. The Kier molecular flexibility index (Phi) is 4.36. The first-order valence-electron chi connectivity index (χ1n) is 5.51. The average Bonchev–Trinajstić information content (AvgIpc) is 2.72. The van der Waals surface area contributed by atoms with Crippen molar-refractivity contribution < 1.29 is 9.15 Å². The predicted octanol–water partition coefficient (Wildman–Crippen LogP) is 2.75. The van der Waals surface area contributed by atoms with Crippen molar-refractivity contribution in [2.45, 2.75) is 38.8 Å². The van der Waals surface area contributed by atoms with Crippen LogP contribution in [0.3, 0.4) is 0 Å². The zero-order valence-corrected chi connectivity index (χ0v) is 10.0. The van der Waals surface area contributed by atoms with Crippen molar-refractivity contribution in [3.05, 3.63) is 24.2 Å². The van der Waals surface area contributed by atoms with E-state index in [-0.39, 0.29) is 11.6 Å². The molecule has 0 aliphatic carbocycles. The van der Waals surface area contributed by atoms with Gasteiger partial charge < -0.3 is 14.5 Å². The number of furan rings is 1. The minimum atomic E-state index is -0.187. The van der Waals surface area contributed by atoms with Crippen molar-refractivity contribution in [1.29, 1.82) is 0 Å².